The number of hydrogen-bond donors (Lipinski definition) is 2. The van der Waals surface area contributed by atoms with Gasteiger partial charge in [-0.1, -0.05) is 12.1 Å². The van der Waals surface area contributed by atoms with Crippen molar-refractivity contribution in [2.45, 2.75) is 25.0 Å². The number of halogens is 1. The van der Waals surface area contributed by atoms with Crippen LogP contribution in [0.4, 0.5) is 4.39 Å². The number of methoxy groups -OCH3 is 2. The highest BCUT2D eigenvalue weighted by Crippen LogP contribution is 2.26. The van der Waals surface area contributed by atoms with Crippen LogP contribution in [0.15, 0.2) is 42.5 Å². The molecule has 2 aliphatic heterocycles. The normalized spacial score (nSPS) is 21.8. The molecule has 2 heterocycles. The number of rotatable bonds is 6. The summed E-state index contributed by atoms with van der Waals surface area (Å²) in [5, 5.41) is 0. The Morgan fingerprint density at radius 1 is 1.06 bits per heavy atom. The summed E-state index contributed by atoms with van der Waals surface area (Å²) in [4.78, 5) is 17.2. The van der Waals surface area contributed by atoms with Crippen molar-refractivity contribution in [2.24, 2.45) is 0 Å². The minimum Gasteiger partial charge on any atom is -0.497 e. The summed E-state index contributed by atoms with van der Waals surface area (Å²) in [6.45, 7) is 3.39. The number of ether oxygens (including phenoxy) is 2. The first-order chi connectivity index (χ1) is 15.1. The van der Waals surface area contributed by atoms with Crippen LogP contribution in [0.1, 0.15) is 23.6 Å². The van der Waals surface area contributed by atoms with E-state index in [0.717, 1.165) is 30.0 Å². The standard InChI is InChI=1S/C23H29FN4O3/c1-30-19-5-3-4-16(13-19)20-14-21(26-25-20)23(29)28-10-8-27(9-11-28)15-17-12-18(24)6-7-22(17)31-2/h3-7,12-13,20-21,25-26H,8-11,14-15H2,1-2H3. The molecule has 2 saturated heterocycles. The molecule has 2 N–H and O–H groups in total. The maximum atomic E-state index is 13.6. The van der Waals surface area contributed by atoms with E-state index in [2.05, 4.69) is 15.8 Å². The second-order valence-electron chi connectivity index (χ2n) is 7.96. The van der Waals surface area contributed by atoms with Gasteiger partial charge in [0.1, 0.15) is 23.4 Å². The summed E-state index contributed by atoms with van der Waals surface area (Å²) in [7, 11) is 3.24. The van der Waals surface area contributed by atoms with Crippen molar-refractivity contribution < 1.29 is 18.7 Å². The van der Waals surface area contributed by atoms with Crippen molar-refractivity contribution in [1.29, 1.82) is 0 Å². The molecular weight excluding hydrogens is 399 g/mol. The molecule has 0 bridgehead atoms. The van der Waals surface area contributed by atoms with E-state index in [1.54, 1.807) is 20.3 Å². The van der Waals surface area contributed by atoms with Gasteiger partial charge in [0.2, 0.25) is 5.91 Å². The van der Waals surface area contributed by atoms with E-state index in [9.17, 15) is 9.18 Å². The fourth-order valence-electron chi connectivity index (χ4n) is 4.25. The quantitative estimate of drug-likeness (QED) is 0.735. The smallest absolute Gasteiger partial charge is 0.241 e. The molecule has 2 atom stereocenters. The molecule has 2 aliphatic rings. The van der Waals surface area contributed by atoms with Crippen LogP contribution in [0.5, 0.6) is 11.5 Å². The van der Waals surface area contributed by atoms with Gasteiger partial charge >= 0.3 is 0 Å². The zero-order valence-corrected chi connectivity index (χ0v) is 17.9. The number of hydrazine groups is 1. The van der Waals surface area contributed by atoms with Crippen molar-refractivity contribution >= 4 is 5.91 Å². The molecule has 2 unspecified atom stereocenters. The summed E-state index contributed by atoms with van der Waals surface area (Å²) >= 11 is 0. The Balaban J connectivity index is 1.30. The molecule has 31 heavy (non-hydrogen) atoms. The maximum absolute atomic E-state index is 13.6. The second kappa shape index (κ2) is 9.64. The Morgan fingerprint density at radius 3 is 2.61 bits per heavy atom. The predicted molar refractivity (Wildman–Crippen MR) is 115 cm³/mol. The third kappa shape index (κ3) is 4.98. The minimum absolute atomic E-state index is 0.0609. The third-order valence-corrected chi connectivity index (χ3v) is 6.02. The van der Waals surface area contributed by atoms with Crippen molar-refractivity contribution in [3.8, 4) is 11.5 Å². The van der Waals surface area contributed by atoms with Crippen LogP contribution in [0.3, 0.4) is 0 Å². The van der Waals surface area contributed by atoms with Crippen LogP contribution in [0.2, 0.25) is 0 Å². The minimum atomic E-state index is -0.269. The molecule has 7 nitrogen and oxygen atoms in total. The van der Waals surface area contributed by atoms with Gasteiger partial charge < -0.3 is 14.4 Å². The van der Waals surface area contributed by atoms with E-state index in [4.69, 9.17) is 9.47 Å². The topological polar surface area (TPSA) is 66.1 Å². The monoisotopic (exact) mass is 428 g/mol. The van der Waals surface area contributed by atoms with Gasteiger partial charge in [0.05, 0.1) is 14.2 Å². The van der Waals surface area contributed by atoms with Crippen LogP contribution < -0.4 is 20.3 Å². The molecular formula is C23H29FN4O3. The summed E-state index contributed by atoms with van der Waals surface area (Å²) in [5.41, 5.74) is 8.32. The van der Waals surface area contributed by atoms with Gasteiger partial charge in [-0.3, -0.25) is 9.69 Å². The van der Waals surface area contributed by atoms with Gasteiger partial charge in [0, 0.05) is 44.3 Å². The molecule has 1 amide bonds. The number of nitrogens with one attached hydrogen (secondary N) is 2. The number of amides is 1. The number of piperazine rings is 1. The molecule has 2 fully saturated rings. The first-order valence-electron chi connectivity index (χ1n) is 10.6. The zero-order valence-electron chi connectivity index (χ0n) is 17.9. The Hall–Kier alpha value is -2.68. The Kier molecular flexibility index (Phi) is 6.70. The molecule has 0 aliphatic carbocycles. The number of carbonyl (C=O) groups is 1. The van der Waals surface area contributed by atoms with Crippen molar-refractivity contribution in [1.82, 2.24) is 20.7 Å². The zero-order chi connectivity index (χ0) is 21.8. The summed E-state index contributed by atoms with van der Waals surface area (Å²) < 4.78 is 24.3. The average molecular weight is 429 g/mol. The van der Waals surface area contributed by atoms with Crippen LogP contribution in [0.25, 0.3) is 0 Å². The van der Waals surface area contributed by atoms with Crippen LogP contribution >= 0.6 is 0 Å². The number of carbonyl (C=O) groups excluding carboxylic acids is 1. The molecule has 0 radical (unpaired) electrons. The highest BCUT2D eigenvalue weighted by molar-refractivity contribution is 5.82. The lowest BCUT2D eigenvalue weighted by atomic mass is 10.0. The molecule has 166 valence electrons. The summed E-state index contributed by atoms with van der Waals surface area (Å²) in [6, 6.07) is 12.3. The maximum Gasteiger partial charge on any atom is 0.241 e. The van der Waals surface area contributed by atoms with Crippen LogP contribution in [0, 0.1) is 5.82 Å². The molecule has 0 aromatic heterocycles. The fraction of sp³-hybridized carbons (Fsp3) is 0.435. The third-order valence-electron chi connectivity index (χ3n) is 6.02. The first-order valence-corrected chi connectivity index (χ1v) is 10.6. The molecule has 2 aromatic rings. The lowest BCUT2D eigenvalue weighted by molar-refractivity contribution is -0.135. The highest BCUT2D eigenvalue weighted by Gasteiger charge is 2.34. The predicted octanol–water partition coefficient (Wildman–Crippen LogP) is 2.09. The van der Waals surface area contributed by atoms with Gasteiger partial charge in [-0.05, 0) is 42.3 Å². The van der Waals surface area contributed by atoms with Crippen LogP contribution in [-0.2, 0) is 11.3 Å². The Labute approximate surface area is 182 Å². The molecule has 4 rings (SSSR count). The van der Waals surface area contributed by atoms with E-state index < -0.39 is 0 Å². The largest absolute Gasteiger partial charge is 0.497 e. The van der Waals surface area contributed by atoms with Crippen molar-refractivity contribution in [3.05, 3.63) is 59.4 Å². The number of nitrogens with zero attached hydrogens (tertiary/aromatic N) is 2. The SMILES string of the molecule is COc1cccc(C2CC(C(=O)N3CCN(Cc4cc(F)ccc4OC)CC3)NN2)c1. The lowest BCUT2D eigenvalue weighted by Gasteiger charge is -2.36. The first kappa shape index (κ1) is 21.5. The molecule has 8 heteroatoms. The lowest BCUT2D eigenvalue weighted by Crippen LogP contribution is -2.53. The molecule has 2 aromatic carbocycles. The van der Waals surface area contributed by atoms with Gasteiger partial charge in [-0.2, -0.15) is 0 Å². The fourth-order valence-corrected chi connectivity index (χ4v) is 4.25. The number of hydrogen-bond acceptors (Lipinski definition) is 6. The Bertz CT molecular complexity index is 917. The second-order valence-corrected chi connectivity index (χ2v) is 7.96. The van der Waals surface area contributed by atoms with Gasteiger partial charge in [-0.25, -0.2) is 15.2 Å². The number of benzene rings is 2. The molecule has 0 saturated carbocycles. The average Bonchev–Trinajstić information content (AvgIpc) is 3.30. The van der Waals surface area contributed by atoms with E-state index in [1.807, 2.05) is 29.2 Å². The van der Waals surface area contributed by atoms with E-state index in [-0.39, 0.29) is 23.8 Å². The highest BCUT2D eigenvalue weighted by atomic mass is 19.1. The Morgan fingerprint density at radius 2 is 1.87 bits per heavy atom. The summed E-state index contributed by atoms with van der Waals surface area (Å²) in [6.07, 6.45) is 0.687. The van der Waals surface area contributed by atoms with E-state index in [1.165, 1.54) is 12.1 Å². The summed E-state index contributed by atoms with van der Waals surface area (Å²) in [5.74, 6) is 1.33. The van der Waals surface area contributed by atoms with Crippen LogP contribution in [-0.4, -0.2) is 62.1 Å². The van der Waals surface area contributed by atoms with Gasteiger partial charge in [-0.15, -0.1) is 0 Å². The van der Waals surface area contributed by atoms with Gasteiger partial charge in [0.25, 0.3) is 0 Å². The van der Waals surface area contributed by atoms with Gasteiger partial charge in [0.15, 0.2) is 0 Å². The molecule has 0 spiro atoms. The van der Waals surface area contributed by atoms with E-state index in [0.29, 0.717) is 31.8 Å². The van der Waals surface area contributed by atoms with Crippen molar-refractivity contribution in [3.63, 3.8) is 0 Å². The van der Waals surface area contributed by atoms with Crippen molar-refractivity contribution in [2.75, 3.05) is 40.4 Å². The van der Waals surface area contributed by atoms with E-state index >= 15 is 0 Å².